The first-order valence-corrected chi connectivity index (χ1v) is 10.2. The molecular formula is C24H26N2O3. The van der Waals surface area contributed by atoms with Crippen molar-refractivity contribution < 1.29 is 14.4 Å². The zero-order chi connectivity index (χ0) is 20.7. The van der Waals surface area contributed by atoms with E-state index >= 15 is 0 Å². The van der Waals surface area contributed by atoms with Crippen molar-refractivity contribution >= 4 is 29.1 Å². The number of hydrogen-bond acceptors (Lipinski definition) is 3. The maximum absolute atomic E-state index is 12.9. The highest BCUT2D eigenvalue weighted by molar-refractivity contribution is 6.22. The average Bonchev–Trinajstić information content (AvgIpc) is 2.94. The molecule has 29 heavy (non-hydrogen) atoms. The molecule has 1 saturated carbocycles. The summed E-state index contributed by atoms with van der Waals surface area (Å²) in [4.78, 5) is 39.9. The summed E-state index contributed by atoms with van der Waals surface area (Å²) in [5.74, 6) is -0.494. The topological polar surface area (TPSA) is 66.5 Å². The van der Waals surface area contributed by atoms with Gasteiger partial charge in [0, 0.05) is 11.3 Å². The van der Waals surface area contributed by atoms with Gasteiger partial charge in [0.25, 0.3) is 5.91 Å². The normalized spacial score (nSPS) is 23.8. The van der Waals surface area contributed by atoms with E-state index in [2.05, 4.69) is 12.2 Å². The van der Waals surface area contributed by atoms with Crippen molar-refractivity contribution in [1.29, 1.82) is 0 Å². The van der Waals surface area contributed by atoms with Crippen LogP contribution in [0.4, 0.5) is 11.4 Å². The molecule has 4 rings (SSSR count). The number of amides is 3. The number of rotatable bonds is 3. The summed E-state index contributed by atoms with van der Waals surface area (Å²) in [6, 6.07) is 12.5. The van der Waals surface area contributed by atoms with Crippen LogP contribution in [0.2, 0.25) is 0 Å². The molecular weight excluding hydrogens is 364 g/mol. The summed E-state index contributed by atoms with van der Waals surface area (Å²) in [7, 11) is 0. The van der Waals surface area contributed by atoms with Crippen LogP contribution in [0.5, 0.6) is 0 Å². The van der Waals surface area contributed by atoms with E-state index in [1.54, 1.807) is 24.3 Å². The smallest absolute Gasteiger partial charge is 0.255 e. The van der Waals surface area contributed by atoms with E-state index in [4.69, 9.17) is 0 Å². The van der Waals surface area contributed by atoms with Gasteiger partial charge in [0.05, 0.1) is 17.5 Å². The molecule has 0 aromatic heterocycles. The lowest BCUT2D eigenvalue weighted by molar-refractivity contribution is -0.122. The average molecular weight is 390 g/mol. The van der Waals surface area contributed by atoms with Crippen molar-refractivity contribution in [2.45, 2.75) is 40.0 Å². The first kappa shape index (κ1) is 19.4. The number of aryl methyl sites for hydroxylation is 2. The number of fused-ring (bicyclic) bond motifs is 1. The predicted molar refractivity (Wildman–Crippen MR) is 113 cm³/mol. The molecule has 0 spiro atoms. The number of carbonyl (C=O) groups is 3. The summed E-state index contributed by atoms with van der Waals surface area (Å²) in [5.41, 5.74) is 3.88. The Morgan fingerprint density at radius 3 is 2.48 bits per heavy atom. The monoisotopic (exact) mass is 390 g/mol. The van der Waals surface area contributed by atoms with E-state index < -0.39 is 0 Å². The van der Waals surface area contributed by atoms with Crippen molar-refractivity contribution in [3.05, 3.63) is 59.2 Å². The SMILES string of the molecule is Cc1ccc(NC(=O)c2cccc(N3C(=O)[C@H]4CC[C@H](C)C[C@@H]4C3=O)c2)cc1C. The third-order valence-electron chi connectivity index (χ3n) is 6.32. The summed E-state index contributed by atoms with van der Waals surface area (Å²) >= 11 is 0. The number of carbonyl (C=O) groups excluding carboxylic acids is 3. The van der Waals surface area contributed by atoms with E-state index in [0.717, 1.165) is 36.1 Å². The zero-order valence-electron chi connectivity index (χ0n) is 17.1. The molecule has 1 aliphatic heterocycles. The van der Waals surface area contributed by atoms with E-state index in [1.165, 1.54) is 4.90 Å². The van der Waals surface area contributed by atoms with Crippen LogP contribution in [0.15, 0.2) is 42.5 Å². The van der Waals surface area contributed by atoms with Crippen molar-refractivity contribution in [1.82, 2.24) is 0 Å². The summed E-state index contributed by atoms with van der Waals surface area (Å²) in [6.45, 7) is 6.15. The molecule has 0 radical (unpaired) electrons. The molecule has 1 heterocycles. The van der Waals surface area contributed by atoms with E-state index in [0.29, 0.717) is 17.2 Å². The van der Waals surface area contributed by atoms with Crippen LogP contribution < -0.4 is 10.2 Å². The Labute approximate surface area is 171 Å². The number of benzene rings is 2. The molecule has 3 atom stereocenters. The summed E-state index contributed by atoms with van der Waals surface area (Å²) < 4.78 is 0. The van der Waals surface area contributed by atoms with Gasteiger partial charge in [0.1, 0.15) is 0 Å². The molecule has 3 amide bonds. The Morgan fingerprint density at radius 2 is 1.72 bits per heavy atom. The Kier molecular flexibility index (Phi) is 4.99. The third kappa shape index (κ3) is 3.57. The van der Waals surface area contributed by atoms with Crippen molar-refractivity contribution in [3.8, 4) is 0 Å². The fourth-order valence-electron chi connectivity index (χ4n) is 4.45. The molecule has 150 valence electrons. The lowest BCUT2D eigenvalue weighted by atomic mass is 9.76. The van der Waals surface area contributed by atoms with Crippen LogP contribution in [-0.4, -0.2) is 17.7 Å². The minimum Gasteiger partial charge on any atom is -0.322 e. The van der Waals surface area contributed by atoms with Gasteiger partial charge in [0.2, 0.25) is 11.8 Å². The van der Waals surface area contributed by atoms with Gasteiger partial charge < -0.3 is 5.32 Å². The van der Waals surface area contributed by atoms with Crippen molar-refractivity contribution in [3.63, 3.8) is 0 Å². The second kappa shape index (κ2) is 7.47. The Morgan fingerprint density at radius 1 is 0.966 bits per heavy atom. The van der Waals surface area contributed by atoms with Gasteiger partial charge in [-0.15, -0.1) is 0 Å². The fourth-order valence-corrected chi connectivity index (χ4v) is 4.45. The van der Waals surface area contributed by atoms with Crippen LogP contribution in [0, 0.1) is 31.6 Å². The van der Waals surface area contributed by atoms with Crippen LogP contribution in [0.1, 0.15) is 47.7 Å². The fraction of sp³-hybridized carbons (Fsp3) is 0.375. The number of imide groups is 1. The number of nitrogens with zero attached hydrogens (tertiary/aromatic N) is 1. The van der Waals surface area contributed by atoms with Crippen LogP contribution in [-0.2, 0) is 9.59 Å². The molecule has 2 aliphatic rings. The number of nitrogens with one attached hydrogen (secondary N) is 1. The van der Waals surface area contributed by atoms with Crippen LogP contribution >= 0.6 is 0 Å². The molecule has 2 aromatic carbocycles. The molecule has 5 heteroatoms. The summed E-state index contributed by atoms with van der Waals surface area (Å²) in [5, 5.41) is 2.89. The molecule has 0 unspecified atom stereocenters. The van der Waals surface area contributed by atoms with Gasteiger partial charge in [-0.25, -0.2) is 0 Å². The second-order valence-electron chi connectivity index (χ2n) is 8.45. The highest BCUT2D eigenvalue weighted by Gasteiger charge is 2.50. The third-order valence-corrected chi connectivity index (χ3v) is 6.32. The first-order valence-electron chi connectivity index (χ1n) is 10.2. The van der Waals surface area contributed by atoms with Crippen molar-refractivity contribution in [2.75, 3.05) is 10.2 Å². The first-order chi connectivity index (χ1) is 13.8. The number of hydrogen-bond donors (Lipinski definition) is 1. The minimum atomic E-state index is -0.264. The predicted octanol–water partition coefficient (Wildman–Crippen LogP) is 4.48. The van der Waals surface area contributed by atoms with Gasteiger partial charge >= 0.3 is 0 Å². The highest BCUT2D eigenvalue weighted by atomic mass is 16.2. The lowest BCUT2D eigenvalue weighted by Gasteiger charge is -2.25. The molecule has 1 N–H and O–H groups in total. The molecule has 2 fully saturated rings. The van der Waals surface area contributed by atoms with Crippen LogP contribution in [0.25, 0.3) is 0 Å². The summed E-state index contributed by atoms with van der Waals surface area (Å²) in [6.07, 6.45) is 2.50. The number of anilines is 2. The molecule has 1 aliphatic carbocycles. The van der Waals surface area contributed by atoms with Crippen molar-refractivity contribution in [2.24, 2.45) is 17.8 Å². The van der Waals surface area contributed by atoms with Crippen LogP contribution in [0.3, 0.4) is 0 Å². The minimum absolute atomic E-state index is 0.126. The largest absolute Gasteiger partial charge is 0.322 e. The Balaban J connectivity index is 1.57. The molecule has 1 saturated heterocycles. The van der Waals surface area contributed by atoms with Gasteiger partial charge in [-0.1, -0.05) is 19.1 Å². The van der Waals surface area contributed by atoms with Gasteiger partial charge in [-0.3, -0.25) is 19.3 Å². The maximum Gasteiger partial charge on any atom is 0.255 e. The Hall–Kier alpha value is -2.95. The zero-order valence-corrected chi connectivity index (χ0v) is 17.1. The van der Waals surface area contributed by atoms with E-state index in [1.807, 2.05) is 32.0 Å². The quantitative estimate of drug-likeness (QED) is 0.786. The van der Waals surface area contributed by atoms with Gasteiger partial charge in [-0.2, -0.15) is 0 Å². The molecule has 2 aromatic rings. The molecule has 5 nitrogen and oxygen atoms in total. The maximum atomic E-state index is 12.9. The van der Waals surface area contributed by atoms with Gasteiger partial charge in [-0.05, 0) is 80.5 Å². The lowest BCUT2D eigenvalue weighted by Crippen LogP contribution is -2.31. The molecule has 0 bridgehead atoms. The second-order valence-corrected chi connectivity index (χ2v) is 8.45. The highest BCUT2D eigenvalue weighted by Crippen LogP contribution is 2.42. The Bertz CT molecular complexity index is 997. The standard InChI is InChI=1S/C24H26N2O3/c1-14-7-10-20-21(11-14)24(29)26(23(20)28)19-6-4-5-17(13-19)22(27)25-18-9-8-15(2)16(3)12-18/h4-6,8-9,12-14,20-21H,7,10-11H2,1-3H3,(H,25,27)/t14-,20-,21-/m0/s1. The van der Waals surface area contributed by atoms with E-state index in [9.17, 15) is 14.4 Å². The van der Waals surface area contributed by atoms with E-state index in [-0.39, 0.29) is 29.6 Å². The van der Waals surface area contributed by atoms with Gasteiger partial charge in [0.15, 0.2) is 0 Å².